The lowest BCUT2D eigenvalue weighted by atomic mass is 9.71. The highest BCUT2D eigenvalue weighted by atomic mass is 32.2. The number of aliphatic hydroxyl groups excluding tert-OH is 1. The van der Waals surface area contributed by atoms with Gasteiger partial charge in [0.25, 0.3) is 0 Å². The zero-order valence-corrected chi connectivity index (χ0v) is 76.3. The first kappa shape index (κ1) is 86.0. The van der Waals surface area contributed by atoms with Gasteiger partial charge in [-0.1, -0.05) is 133 Å². The standard InChI is InChI=1S/C52H52N4O9S.C51H53N3O10S/c1-28-18-33-19-35-36(22-53)56-37-25-63-51(58)52(34-21-39(59-4)38(57)20-32(34)16-17-54-52)26-66-50(42-41(37)49-47(64-27-65-49)29(2)46(42)61-23-30-12-8-6-9-13-30)44(56)43(55(35)3)40(33)48(45(28)60-5)62-24-31-14-10-7-11-15-31;1-27-18-32-19-34-49(56)54-35-24-62-50(57)51(33-21-37(58-4)36(55)20-31(33)16-17-52-51)25-65-48(40-39(35)47-45(63-26-64-47)28(2)44(40)60-22-29-12-8-6-9-13-29)42(54)41(53(34)3)38(32)46(43(27)59-5)61-23-30-14-10-7-11-15-30/h6-15,18,20-21,35-37,43-44,50,54,57H,16-17,19,23-27H2,1-5H3;6-15,18,20-21,34-35,41-42,48-49,52,55-56H,16-17,19,22-26H2,1-5H3/t35-,36-,37-,43+,44?,50+,52+;34-,35-,41+,42?,48+,49-,51+/m00/s1. The van der Waals surface area contributed by atoms with Crippen molar-refractivity contribution in [3.63, 3.8) is 0 Å². The first-order valence-corrected chi connectivity index (χ1v) is 46.8. The van der Waals surface area contributed by atoms with E-state index in [9.17, 15) is 20.6 Å². The average molecular weight is 1810 g/mol. The van der Waals surface area contributed by atoms with Gasteiger partial charge in [-0.25, -0.2) is 9.59 Å². The summed E-state index contributed by atoms with van der Waals surface area (Å²) in [6.07, 6.45) is 1.35. The minimum Gasteiger partial charge on any atom is -0.504 e. The van der Waals surface area contributed by atoms with Crippen LogP contribution in [0.5, 0.6) is 80.5 Å². The molecule has 14 heterocycles. The van der Waals surface area contributed by atoms with E-state index in [1.165, 1.54) is 14.2 Å². The Labute approximate surface area is 769 Å². The molecule has 10 aromatic rings. The van der Waals surface area contributed by atoms with E-state index < -0.39 is 70.0 Å². The number of fused-ring (bicyclic) bond motifs is 18. The number of ether oxygens (including phenoxy) is 14. The molecule has 2 spiro atoms. The van der Waals surface area contributed by atoms with Gasteiger partial charge in [-0.05, 0) is 159 Å². The van der Waals surface area contributed by atoms with Crippen molar-refractivity contribution in [2.45, 2.75) is 162 Å². The number of aryl methyl sites for hydroxylation is 2. The summed E-state index contributed by atoms with van der Waals surface area (Å²) in [4.78, 5) is 39.3. The average Bonchev–Trinajstić information content (AvgIpc) is 1.58. The highest BCUT2D eigenvalue weighted by molar-refractivity contribution is 7.99. The Bertz CT molecular complexity index is 6210. The summed E-state index contributed by atoms with van der Waals surface area (Å²) in [6.45, 7) is 10.2. The molecule has 0 saturated carbocycles. The summed E-state index contributed by atoms with van der Waals surface area (Å²) >= 11 is 3.26. The summed E-state index contributed by atoms with van der Waals surface area (Å²) in [5.74, 6) is 6.53. The van der Waals surface area contributed by atoms with Gasteiger partial charge >= 0.3 is 11.9 Å². The molecule has 2 unspecified atom stereocenters. The minimum absolute atomic E-state index is 0.0128. The number of hydrogen-bond donors (Lipinski definition) is 5. The second kappa shape index (κ2) is 34.4. The lowest BCUT2D eigenvalue weighted by Crippen LogP contribution is -2.70. The highest BCUT2D eigenvalue weighted by Gasteiger charge is 2.65. The van der Waals surface area contributed by atoms with Gasteiger partial charge in [0.1, 0.15) is 63.4 Å². The van der Waals surface area contributed by atoms with Crippen LogP contribution in [0.2, 0.25) is 0 Å². The van der Waals surface area contributed by atoms with Crippen LogP contribution in [0.25, 0.3) is 0 Å². The molecule has 678 valence electrons. The number of nitrogens with zero attached hydrogens (tertiary/aromatic N) is 5. The molecule has 0 radical (unpaired) electrons. The number of carbonyl (C=O) groups excluding carboxylic acids is 2. The molecule has 10 aromatic carbocycles. The number of rotatable bonds is 16. The maximum absolute atomic E-state index is 15.1. The number of methoxy groups -OCH3 is 4. The second-order valence-corrected chi connectivity index (χ2v) is 38.2. The van der Waals surface area contributed by atoms with Crippen LogP contribution < -0.4 is 67.5 Å². The van der Waals surface area contributed by atoms with Crippen LogP contribution in [-0.4, -0.2) is 177 Å². The molecule has 0 aromatic heterocycles. The molecule has 8 bridgehead atoms. The van der Waals surface area contributed by atoms with E-state index in [2.05, 4.69) is 86.8 Å². The second-order valence-electron chi connectivity index (χ2n) is 35.9. The molecule has 0 aliphatic carbocycles. The van der Waals surface area contributed by atoms with Crippen molar-refractivity contribution >= 4 is 35.5 Å². The van der Waals surface area contributed by atoms with Gasteiger partial charge < -0.3 is 81.6 Å². The topological polar surface area (TPSA) is 285 Å². The third-order valence-corrected chi connectivity index (χ3v) is 32.0. The van der Waals surface area contributed by atoms with E-state index in [-0.39, 0.29) is 85.5 Å². The van der Waals surface area contributed by atoms with Crippen LogP contribution in [0.15, 0.2) is 158 Å². The number of phenolic OH excluding ortho intramolecular Hbond substituents is 2. The summed E-state index contributed by atoms with van der Waals surface area (Å²) in [5, 5.41) is 52.7. The maximum Gasteiger partial charge on any atom is 0.331 e. The predicted molar refractivity (Wildman–Crippen MR) is 490 cm³/mol. The smallest absolute Gasteiger partial charge is 0.331 e. The monoisotopic (exact) mass is 1810 g/mol. The van der Waals surface area contributed by atoms with Crippen molar-refractivity contribution in [2.24, 2.45) is 0 Å². The molecule has 5 N–H and O–H groups in total. The largest absolute Gasteiger partial charge is 0.504 e. The summed E-state index contributed by atoms with van der Waals surface area (Å²) in [5.41, 5.74) is 15.7. The number of likely N-dealkylation sites (N-methyl/N-ethyl adjacent to an activating group) is 2. The Kier molecular flexibility index (Phi) is 22.6. The first-order valence-electron chi connectivity index (χ1n) is 44.7. The molecule has 26 nitrogen and oxygen atoms in total. The molecule has 24 rings (SSSR count). The van der Waals surface area contributed by atoms with Crippen molar-refractivity contribution in [2.75, 3.05) is 93.9 Å². The fourth-order valence-corrected chi connectivity index (χ4v) is 26.5. The quantitative estimate of drug-likeness (QED) is 0.0562. The van der Waals surface area contributed by atoms with Gasteiger partial charge in [-0.3, -0.25) is 30.2 Å². The van der Waals surface area contributed by atoms with Gasteiger partial charge in [0.15, 0.2) is 80.1 Å². The third kappa shape index (κ3) is 14.0. The van der Waals surface area contributed by atoms with Crippen LogP contribution in [0.3, 0.4) is 0 Å². The Morgan fingerprint density at radius 1 is 0.458 bits per heavy atom. The number of esters is 2. The van der Waals surface area contributed by atoms with Crippen molar-refractivity contribution in [3.8, 4) is 86.6 Å². The number of aliphatic hydroxyl groups is 1. The van der Waals surface area contributed by atoms with E-state index in [0.29, 0.717) is 134 Å². The Morgan fingerprint density at radius 2 is 0.840 bits per heavy atom. The van der Waals surface area contributed by atoms with E-state index in [4.69, 9.17) is 66.3 Å². The van der Waals surface area contributed by atoms with Crippen molar-refractivity contribution < 1.29 is 91.2 Å². The number of thioether (sulfide) groups is 2. The number of benzene rings is 10. The van der Waals surface area contributed by atoms with Crippen LogP contribution in [0, 0.1) is 39.0 Å². The normalized spacial score (nSPS) is 26.2. The molecule has 14 atom stereocenters. The van der Waals surface area contributed by atoms with Crippen LogP contribution >= 0.6 is 23.5 Å². The van der Waals surface area contributed by atoms with Gasteiger partial charge in [-0.2, -0.15) is 5.26 Å². The lowest BCUT2D eigenvalue weighted by Gasteiger charge is -2.62. The third-order valence-electron chi connectivity index (χ3n) is 29.1. The molecule has 14 aliphatic rings. The fraction of sp³-hybridized carbons (Fsp3) is 0.388. The number of piperazine rings is 2. The van der Waals surface area contributed by atoms with Crippen LogP contribution in [0.1, 0.15) is 146 Å². The number of nitrogens with one attached hydrogen (secondary N) is 2. The predicted octanol–water partition coefficient (Wildman–Crippen LogP) is 14.5. The minimum atomic E-state index is -1.31. The highest BCUT2D eigenvalue weighted by Crippen LogP contribution is 2.68. The van der Waals surface area contributed by atoms with Gasteiger partial charge in [0, 0.05) is 87.2 Å². The van der Waals surface area contributed by atoms with Gasteiger partial charge in [0.2, 0.25) is 13.6 Å². The number of nitriles is 1. The molecule has 4 fully saturated rings. The molecule has 131 heavy (non-hydrogen) atoms. The van der Waals surface area contributed by atoms with E-state index >= 15 is 9.59 Å². The molecular formula is C103H105N7O19S2. The summed E-state index contributed by atoms with van der Waals surface area (Å²) in [7, 11) is 10.6. The molecule has 4 saturated heterocycles. The van der Waals surface area contributed by atoms with Crippen molar-refractivity contribution in [3.05, 3.63) is 269 Å². The van der Waals surface area contributed by atoms with Gasteiger partial charge in [0.05, 0.1) is 75.2 Å². The van der Waals surface area contributed by atoms with E-state index in [1.807, 2.05) is 125 Å². The Morgan fingerprint density at radius 3 is 1.24 bits per heavy atom. The van der Waals surface area contributed by atoms with Crippen LogP contribution in [0.4, 0.5) is 0 Å². The summed E-state index contributed by atoms with van der Waals surface area (Å²) < 4.78 is 90.4. The zero-order valence-electron chi connectivity index (χ0n) is 74.7. The van der Waals surface area contributed by atoms with Crippen molar-refractivity contribution in [1.29, 1.82) is 5.26 Å². The number of hydrogen-bond acceptors (Lipinski definition) is 28. The van der Waals surface area contributed by atoms with E-state index in [1.54, 1.807) is 62.0 Å². The van der Waals surface area contributed by atoms with E-state index in [0.717, 1.165) is 100 Å². The molecular weight excluding hydrogens is 1700 g/mol. The molecule has 28 heteroatoms. The summed E-state index contributed by atoms with van der Waals surface area (Å²) in [6, 6.07) is 50.5. The molecule has 14 aliphatic heterocycles. The van der Waals surface area contributed by atoms with Gasteiger partial charge in [-0.15, -0.1) is 23.5 Å². The van der Waals surface area contributed by atoms with Crippen molar-refractivity contribution in [1.82, 2.24) is 30.2 Å². The number of aromatic hydroxyl groups is 2. The first-order chi connectivity index (χ1) is 63.8. The Balaban J connectivity index is 0.000000158. The SMILES string of the molecule is COc1cc2c(cc1O)CCN[C@]21CS[C@@H]2c3c(OCc4ccccc4)c(C)c4c(c3[C@H](COC1=O)N1C2[C@H]2c3c(cc(C)c(OC)c3OCc3ccccc3)C[C@@H]([C@@H]1C#N)N2C)OCO4.COc1cc2c(cc1O)CCN[C@]21CS[C@@H]2c3c(OCc4ccccc4)c(C)c4c(c3[C@H](COC1=O)N1C2[C@H]2c3c(cc(C)c(OC)c3OCc3ccccc3)C[C@@H]([C@@H]1O)N2C)OCO4. The number of carbonyl (C=O) groups is 2. The molecule has 0 amide bonds. The lowest BCUT2D eigenvalue weighted by molar-refractivity contribution is -0.186. The zero-order chi connectivity index (χ0) is 90.2. The van der Waals surface area contributed by atoms with Crippen LogP contribution in [-0.2, 0) is 82.3 Å². The fourth-order valence-electron chi connectivity index (χ4n) is 23.2. The maximum atomic E-state index is 15.1. The number of phenols is 2. The Hall–Kier alpha value is -11.8.